The van der Waals surface area contributed by atoms with Crippen LogP contribution in [0.15, 0.2) is 40.9 Å². The van der Waals surface area contributed by atoms with Crippen LogP contribution in [-0.2, 0) is 6.61 Å². The van der Waals surface area contributed by atoms with Crippen molar-refractivity contribution < 1.29 is 9.53 Å². The van der Waals surface area contributed by atoms with Gasteiger partial charge in [0, 0.05) is 4.47 Å². The molecule has 2 nitrogen and oxygen atoms in total. The van der Waals surface area contributed by atoms with Crippen molar-refractivity contribution in [2.24, 2.45) is 0 Å². The zero-order valence-electron chi connectivity index (χ0n) is 11.9. The zero-order valence-corrected chi connectivity index (χ0v) is 13.5. The fraction of sp³-hybridized carbons (Fsp3) is 0.235. The number of Topliss-reactive ketones (excluding diaryl/α,β-unsaturated/α-hetero) is 1. The third kappa shape index (κ3) is 3.48. The number of hydrogen-bond donors (Lipinski definition) is 0. The summed E-state index contributed by atoms with van der Waals surface area (Å²) < 4.78 is 6.71. The quantitative estimate of drug-likeness (QED) is 0.748. The van der Waals surface area contributed by atoms with Crippen LogP contribution in [0, 0.1) is 13.8 Å². The molecule has 0 aliphatic heterocycles. The van der Waals surface area contributed by atoms with Gasteiger partial charge in [-0.2, -0.15) is 0 Å². The van der Waals surface area contributed by atoms with Crippen LogP contribution in [0.5, 0.6) is 5.75 Å². The highest BCUT2D eigenvalue weighted by atomic mass is 79.9. The van der Waals surface area contributed by atoms with Gasteiger partial charge in [0.1, 0.15) is 12.4 Å². The molecule has 2 rings (SSSR count). The molecule has 0 heterocycles. The third-order valence-corrected chi connectivity index (χ3v) is 3.70. The van der Waals surface area contributed by atoms with E-state index in [1.165, 1.54) is 11.1 Å². The highest BCUT2D eigenvalue weighted by Gasteiger charge is 2.10. The summed E-state index contributed by atoms with van der Waals surface area (Å²) in [7, 11) is 0. The number of ketones is 1. The highest BCUT2D eigenvalue weighted by Crippen LogP contribution is 2.25. The third-order valence-electron chi connectivity index (χ3n) is 3.21. The summed E-state index contributed by atoms with van der Waals surface area (Å²) in [4.78, 5) is 11.6. The highest BCUT2D eigenvalue weighted by molar-refractivity contribution is 9.10. The van der Waals surface area contributed by atoms with Gasteiger partial charge in [-0.1, -0.05) is 39.7 Å². The Balaban J connectivity index is 2.23. The van der Waals surface area contributed by atoms with Gasteiger partial charge in [-0.15, -0.1) is 0 Å². The molecule has 0 fully saturated rings. The predicted octanol–water partition coefficient (Wildman–Crippen LogP) is 4.85. The molecule has 0 aliphatic rings. The van der Waals surface area contributed by atoms with Crippen molar-refractivity contribution in [2.45, 2.75) is 27.4 Å². The summed E-state index contributed by atoms with van der Waals surface area (Å²) in [5.74, 6) is 0.629. The van der Waals surface area contributed by atoms with Gasteiger partial charge in [-0.05, 0) is 50.1 Å². The van der Waals surface area contributed by atoms with E-state index in [1.54, 1.807) is 13.0 Å². The zero-order chi connectivity index (χ0) is 14.7. The number of ether oxygens (including phenoxy) is 1. The maximum atomic E-state index is 11.6. The Labute approximate surface area is 127 Å². The lowest BCUT2D eigenvalue weighted by molar-refractivity contribution is 0.101. The Morgan fingerprint density at radius 3 is 2.60 bits per heavy atom. The molecule has 3 heteroatoms. The molecule has 0 spiro atoms. The van der Waals surface area contributed by atoms with E-state index in [4.69, 9.17) is 4.74 Å². The molecule has 0 aromatic heterocycles. The van der Waals surface area contributed by atoms with Crippen LogP contribution in [-0.4, -0.2) is 5.78 Å². The van der Waals surface area contributed by atoms with Gasteiger partial charge in [-0.3, -0.25) is 4.79 Å². The molecule has 0 atom stereocenters. The van der Waals surface area contributed by atoms with E-state index in [2.05, 4.69) is 48.0 Å². The number of carbonyl (C=O) groups is 1. The van der Waals surface area contributed by atoms with Gasteiger partial charge >= 0.3 is 0 Å². The maximum absolute atomic E-state index is 11.6. The molecule has 0 saturated heterocycles. The van der Waals surface area contributed by atoms with Crippen LogP contribution in [0.25, 0.3) is 0 Å². The second-order valence-corrected chi connectivity index (χ2v) is 5.83. The van der Waals surface area contributed by atoms with Gasteiger partial charge in [-0.25, -0.2) is 0 Å². The van der Waals surface area contributed by atoms with Gasteiger partial charge < -0.3 is 4.74 Å². The predicted molar refractivity (Wildman–Crippen MR) is 84.4 cm³/mol. The van der Waals surface area contributed by atoms with E-state index >= 15 is 0 Å². The van der Waals surface area contributed by atoms with Crippen molar-refractivity contribution in [2.75, 3.05) is 0 Å². The lowest BCUT2D eigenvalue weighted by Crippen LogP contribution is -2.03. The number of hydrogen-bond acceptors (Lipinski definition) is 2. The summed E-state index contributed by atoms with van der Waals surface area (Å²) >= 11 is 3.37. The average molecular weight is 333 g/mol. The first-order valence-electron chi connectivity index (χ1n) is 6.47. The topological polar surface area (TPSA) is 26.3 Å². The summed E-state index contributed by atoms with van der Waals surface area (Å²) in [6.45, 7) is 6.14. The van der Waals surface area contributed by atoms with Crippen LogP contribution < -0.4 is 4.74 Å². The summed E-state index contributed by atoms with van der Waals surface area (Å²) in [5.41, 5.74) is 4.14. The van der Waals surface area contributed by atoms with Crippen molar-refractivity contribution in [3.8, 4) is 5.75 Å². The minimum Gasteiger partial charge on any atom is -0.488 e. The SMILES string of the molecule is CC(=O)c1cc(Br)ccc1OCc1cc(C)ccc1C. The smallest absolute Gasteiger partial charge is 0.163 e. The van der Waals surface area contributed by atoms with Crippen LogP contribution in [0.2, 0.25) is 0 Å². The lowest BCUT2D eigenvalue weighted by Gasteiger charge is -2.12. The minimum absolute atomic E-state index is 0.00210. The Kier molecular flexibility index (Phi) is 4.61. The summed E-state index contributed by atoms with van der Waals surface area (Å²) in [6.07, 6.45) is 0. The van der Waals surface area contributed by atoms with Crippen LogP contribution >= 0.6 is 15.9 Å². The molecule has 20 heavy (non-hydrogen) atoms. The molecular formula is C17H17BrO2. The van der Waals surface area contributed by atoms with Crippen LogP contribution in [0.1, 0.15) is 34.0 Å². The number of aryl methyl sites for hydroxylation is 2. The Morgan fingerprint density at radius 1 is 1.15 bits per heavy atom. The average Bonchev–Trinajstić information content (AvgIpc) is 2.40. The molecule has 0 aliphatic carbocycles. The van der Waals surface area contributed by atoms with E-state index in [-0.39, 0.29) is 5.78 Å². The molecule has 0 bridgehead atoms. The summed E-state index contributed by atoms with van der Waals surface area (Å²) in [5, 5.41) is 0. The van der Waals surface area contributed by atoms with E-state index in [0.717, 1.165) is 10.0 Å². The van der Waals surface area contributed by atoms with E-state index in [1.807, 2.05) is 12.1 Å². The van der Waals surface area contributed by atoms with Gasteiger partial charge in [0.05, 0.1) is 5.56 Å². The van der Waals surface area contributed by atoms with Crippen molar-refractivity contribution >= 4 is 21.7 Å². The molecule has 2 aromatic rings. The van der Waals surface area contributed by atoms with Crippen molar-refractivity contribution in [1.29, 1.82) is 0 Å². The first kappa shape index (κ1) is 14.8. The van der Waals surface area contributed by atoms with E-state index < -0.39 is 0 Å². The first-order chi connectivity index (χ1) is 9.47. The summed E-state index contributed by atoms with van der Waals surface area (Å²) in [6, 6.07) is 11.8. The molecule has 0 amide bonds. The van der Waals surface area contributed by atoms with Gasteiger partial charge in [0.15, 0.2) is 5.78 Å². The Morgan fingerprint density at radius 2 is 1.90 bits per heavy atom. The first-order valence-corrected chi connectivity index (χ1v) is 7.26. The standard InChI is InChI=1S/C17H17BrO2/c1-11-4-5-12(2)14(8-11)10-20-17-7-6-15(18)9-16(17)13(3)19/h4-9H,10H2,1-3H3. The number of benzene rings is 2. The molecule has 0 unspecified atom stereocenters. The molecule has 0 N–H and O–H groups in total. The fourth-order valence-corrected chi connectivity index (χ4v) is 2.38. The van der Waals surface area contributed by atoms with Crippen molar-refractivity contribution in [1.82, 2.24) is 0 Å². The second kappa shape index (κ2) is 6.23. The molecule has 104 valence electrons. The van der Waals surface area contributed by atoms with Crippen molar-refractivity contribution in [3.63, 3.8) is 0 Å². The van der Waals surface area contributed by atoms with Crippen molar-refractivity contribution in [3.05, 3.63) is 63.1 Å². The normalized spacial score (nSPS) is 10.4. The van der Waals surface area contributed by atoms with Gasteiger partial charge in [0.2, 0.25) is 0 Å². The second-order valence-electron chi connectivity index (χ2n) is 4.92. The Bertz CT molecular complexity index is 647. The Hall–Kier alpha value is -1.61. The molecular weight excluding hydrogens is 316 g/mol. The van der Waals surface area contributed by atoms with E-state index in [0.29, 0.717) is 17.9 Å². The maximum Gasteiger partial charge on any atom is 0.163 e. The largest absolute Gasteiger partial charge is 0.488 e. The van der Waals surface area contributed by atoms with Crippen LogP contribution in [0.3, 0.4) is 0 Å². The van der Waals surface area contributed by atoms with Crippen LogP contribution in [0.4, 0.5) is 0 Å². The fourth-order valence-electron chi connectivity index (χ4n) is 2.01. The number of halogens is 1. The minimum atomic E-state index is 0.00210. The lowest BCUT2D eigenvalue weighted by atomic mass is 10.1. The van der Waals surface area contributed by atoms with E-state index in [9.17, 15) is 4.79 Å². The molecule has 0 radical (unpaired) electrons. The van der Waals surface area contributed by atoms with Gasteiger partial charge in [0.25, 0.3) is 0 Å². The molecule has 0 saturated carbocycles. The number of carbonyl (C=O) groups excluding carboxylic acids is 1. The molecule has 2 aromatic carbocycles. The number of rotatable bonds is 4. The monoisotopic (exact) mass is 332 g/mol.